The van der Waals surface area contributed by atoms with Crippen LogP contribution in [0.3, 0.4) is 0 Å². The molecular weight excluding hydrogens is 350 g/mol. The molecule has 0 saturated heterocycles. The van der Waals surface area contributed by atoms with Crippen LogP contribution in [-0.4, -0.2) is 32.3 Å². The summed E-state index contributed by atoms with van der Waals surface area (Å²) >= 11 is 0. The van der Waals surface area contributed by atoms with Gasteiger partial charge in [0.2, 0.25) is 0 Å². The molecule has 1 aromatic heterocycles. The van der Waals surface area contributed by atoms with Crippen LogP contribution in [0.15, 0.2) is 52.0 Å². The summed E-state index contributed by atoms with van der Waals surface area (Å²) in [5, 5.41) is 0. The van der Waals surface area contributed by atoms with Crippen molar-refractivity contribution in [2.24, 2.45) is 5.92 Å². The van der Waals surface area contributed by atoms with Crippen molar-refractivity contribution in [2.45, 2.75) is 49.3 Å². The zero-order chi connectivity index (χ0) is 18.7. The zero-order valence-corrected chi connectivity index (χ0v) is 16.0. The van der Waals surface area contributed by atoms with Gasteiger partial charge in [-0.05, 0) is 49.8 Å². The lowest BCUT2D eigenvalue weighted by Gasteiger charge is -2.33. The van der Waals surface area contributed by atoms with Crippen LogP contribution in [0.25, 0.3) is 0 Å². The second-order valence-electron chi connectivity index (χ2n) is 7.18. The third-order valence-electron chi connectivity index (χ3n) is 5.24. The van der Waals surface area contributed by atoms with Gasteiger partial charge in [0, 0.05) is 18.7 Å². The maximum atomic E-state index is 12.9. The van der Waals surface area contributed by atoms with Crippen LogP contribution in [-0.2, 0) is 15.6 Å². The number of carbonyl (C=O) groups is 1. The summed E-state index contributed by atoms with van der Waals surface area (Å²) in [6.07, 6.45) is 5.55. The third-order valence-corrected chi connectivity index (χ3v) is 6.92. The van der Waals surface area contributed by atoms with E-state index >= 15 is 0 Å². The van der Waals surface area contributed by atoms with Gasteiger partial charge in [-0.15, -0.1) is 0 Å². The van der Waals surface area contributed by atoms with Crippen LogP contribution in [0.2, 0.25) is 0 Å². The van der Waals surface area contributed by atoms with Crippen LogP contribution >= 0.6 is 0 Å². The Labute approximate surface area is 154 Å². The van der Waals surface area contributed by atoms with Gasteiger partial charge >= 0.3 is 0 Å². The number of rotatable bonds is 5. The summed E-state index contributed by atoms with van der Waals surface area (Å²) in [6, 6.07) is 10.0. The lowest BCUT2D eigenvalue weighted by molar-refractivity contribution is 0.0646. The summed E-state index contributed by atoms with van der Waals surface area (Å²) in [5.74, 6) is 0.341. The minimum absolute atomic E-state index is 0.130. The number of nitrogens with zero attached hydrogens (tertiary/aromatic N) is 1. The predicted molar refractivity (Wildman–Crippen MR) is 99.6 cm³/mol. The van der Waals surface area contributed by atoms with Gasteiger partial charge in [-0.25, -0.2) is 8.42 Å². The van der Waals surface area contributed by atoms with Gasteiger partial charge in [-0.1, -0.05) is 25.1 Å². The molecule has 1 aromatic carbocycles. The molecule has 0 bridgehead atoms. The standard InChI is InChI=1S/C20H25NO4S/c1-15-8-10-17(11-9-15)21(2)20(22)19-16(12-13-25-19)14-26(23,24)18-6-4-3-5-7-18/h3-7,12-13,15,17H,8-11,14H2,1-2H3. The summed E-state index contributed by atoms with van der Waals surface area (Å²) in [5.41, 5.74) is 0.412. The summed E-state index contributed by atoms with van der Waals surface area (Å²) in [4.78, 5) is 14.8. The first-order valence-corrected chi connectivity index (χ1v) is 10.6. The van der Waals surface area contributed by atoms with Gasteiger partial charge in [-0.2, -0.15) is 0 Å². The molecular formula is C20H25NO4S. The van der Waals surface area contributed by atoms with Crippen LogP contribution in [0.1, 0.15) is 48.7 Å². The molecule has 2 aromatic rings. The van der Waals surface area contributed by atoms with E-state index in [9.17, 15) is 13.2 Å². The first-order chi connectivity index (χ1) is 12.4. The zero-order valence-electron chi connectivity index (χ0n) is 15.2. The van der Waals surface area contributed by atoms with Crippen molar-refractivity contribution in [3.8, 4) is 0 Å². The lowest BCUT2D eigenvalue weighted by atomic mass is 9.86. The van der Waals surface area contributed by atoms with E-state index < -0.39 is 9.84 Å². The normalized spacial score (nSPS) is 20.7. The van der Waals surface area contributed by atoms with Gasteiger partial charge in [0.05, 0.1) is 16.9 Å². The molecule has 0 radical (unpaired) electrons. The van der Waals surface area contributed by atoms with Gasteiger partial charge in [0.1, 0.15) is 0 Å². The SMILES string of the molecule is CC1CCC(N(C)C(=O)c2occc2CS(=O)(=O)c2ccccc2)CC1. The van der Waals surface area contributed by atoms with Crippen molar-refractivity contribution >= 4 is 15.7 Å². The molecule has 3 rings (SSSR count). The number of amides is 1. The van der Waals surface area contributed by atoms with E-state index in [0.717, 1.165) is 25.7 Å². The van der Waals surface area contributed by atoms with Gasteiger partial charge in [0.25, 0.3) is 5.91 Å². The Morgan fingerprint density at radius 3 is 2.42 bits per heavy atom. The summed E-state index contributed by atoms with van der Waals surface area (Å²) in [7, 11) is -1.75. The Morgan fingerprint density at radius 1 is 1.12 bits per heavy atom. The van der Waals surface area contributed by atoms with Gasteiger partial charge in [-0.3, -0.25) is 4.79 Å². The third kappa shape index (κ3) is 4.01. The van der Waals surface area contributed by atoms with Gasteiger partial charge < -0.3 is 9.32 Å². The number of carbonyl (C=O) groups excluding carboxylic acids is 1. The smallest absolute Gasteiger partial charge is 0.289 e. The fraction of sp³-hybridized carbons (Fsp3) is 0.450. The maximum absolute atomic E-state index is 12.9. The van der Waals surface area contributed by atoms with Crippen LogP contribution in [0, 0.1) is 5.92 Å². The topological polar surface area (TPSA) is 67.6 Å². The maximum Gasteiger partial charge on any atom is 0.289 e. The number of hydrogen-bond acceptors (Lipinski definition) is 4. The fourth-order valence-electron chi connectivity index (χ4n) is 3.51. The monoisotopic (exact) mass is 375 g/mol. The molecule has 1 fully saturated rings. The molecule has 0 N–H and O–H groups in total. The first kappa shape index (κ1) is 18.7. The largest absolute Gasteiger partial charge is 0.459 e. The fourth-order valence-corrected chi connectivity index (χ4v) is 4.88. The molecule has 0 unspecified atom stereocenters. The van der Waals surface area contributed by atoms with E-state index in [1.54, 1.807) is 48.3 Å². The predicted octanol–water partition coefficient (Wildman–Crippen LogP) is 3.90. The van der Waals surface area contributed by atoms with Crippen molar-refractivity contribution in [3.05, 3.63) is 54.0 Å². The first-order valence-electron chi connectivity index (χ1n) is 9.00. The molecule has 6 heteroatoms. The van der Waals surface area contributed by atoms with Crippen LogP contribution < -0.4 is 0 Å². The molecule has 1 amide bonds. The van der Waals surface area contributed by atoms with Crippen molar-refractivity contribution in [1.29, 1.82) is 0 Å². The number of furan rings is 1. The second-order valence-corrected chi connectivity index (χ2v) is 9.17. The lowest BCUT2D eigenvalue weighted by Crippen LogP contribution is -2.39. The van der Waals surface area contributed by atoms with E-state index in [0.29, 0.717) is 11.5 Å². The molecule has 0 aliphatic heterocycles. The van der Waals surface area contributed by atoms with E-state index in [1.807, 2.05) is 0 Å². The van der Waals surface area contributed by atoms with E-state index in [-0.39, 0.29) is 28.4 Å². The van der Waals surface area contributed by atoms with E-state index in [1.165, 1.54) is 6.26 Å². The van der Waals surface area contributed by atoms with E-state index in [2.05, 4.69) is 6.92 Å². The number of hydrogen-bond donors (Lipinski definition) is 0. The number of benzene rings is 1. The molecule has 1 aliphatic carbocycles. The van der Waals surface area contributed by atoms with E-state index in [4.69, 9.17) is 4.42 Å². The van der Waals surface area contributed by atoms with Crippen molar-refractivity contribution in [3.63, 3.8) is 0 Å². The Balaban J connectivity index is 1.77. The molecule has 1 heterocycles. The molecule has 1 aliphatic rings. The van der Waals surface area contributed by atoms with Gasteiger partial charge in [0.15, 0.2) is 15.6 Å². The molecule has 0 atom stereocenters. The average Bonchev–Trinajstić information content (AvgIpc) is 3.09. The highest BCUT2D eigenvalue weighted by Crippen LogP contribution is 2.28. The van der Waals surface area contributed by atoms with Crippen molar-refractivity contribution < 1.29 is 17.6 Å². The van der Waals surface area contributed by atoms with Crippen molar-refractivity contribution in [1.82, 2.24) is 4.90 Å². The molecule has 140 valence electrons. The van der Waals surface area contributed by atoms with Crippen LogP contribution in [0.5, 0.6) is 0 Å². The second kappa shape index (κ2) is 7.66. The Hall–Kier alpha value is -2.08. The average molecular weight is 375 g/mol. The molecule has 0 spiro atoms. The highest BCUT2D eigenvalue weighted by molar-refractivity contribution is 7.90. The molecule has 1 saturated carbocycles. The van der Waals surface area contributed by atoms with Crippen molar-refractivity contribution in [2.75, 3.05) is 7.05 Å². The Morgan fingerprint density at radius 2 is 1.77 bits per heavy atom. The minimum Gasteiger partial charge on any atom is -0.459 e. The molecule has 26 heavy (non-hydrogen) atoms. The van der Waals surface area contributed by atoms with Crippen LogP contribution in [0.4, 0.5) is 0 Å². The Bertz CT molecular complexity index is 849. The highest BCUT2D eigenvalue weighted by atomic mass is 32.2. The highest BCUT2D eigenvalue weighted by Gasteiger charge is 2.29. The minimum atomic E-state index is -3.53. The molecule has 5 nitrogen and oxygen atoms in total. The quantitative estimate of drug-likeness (QED) is 0.795. The summed E-state index contributed by atoms with van der Waals surface area (Å²) < 4.78 is 30.6. The summed E-state index contributed by atoms with van der Waals surface area (Å²) in [6.45, 7) is 2.23. The number of sulfone groups is 1. The Kier molecular flexibility index (Phi) is 5.51.